The zero-order valence-electron chi connectivity index (χ0n) is 15.3. The minimum Gasteiger partial charge on any atom is -0.349 e. The lowest BCUT2D eigenvalue weighted by atomic mass is 9.90. The maximum absolute atomic E-state index is 12.4. The molecule has 4 nitrogen and oxygen atoms in total. The minimum atomic E-state index is 0.0245. The molecule has 1 aliphatic rings. The first-order valence-corrected chi connectivity index (χ1v) is 9.00. The Morgan fingerprint density at radius 2 is 1.96 bits per heavy atom. The third kappa shape index (κ3) is 5.36. The average molecular weight is 330 g/mol. The summed E-state index contributed by atoms with van der Waals surface area (Å²) >= 11 is 0. The standard InChI is InChI=1S/C20H30N2O2/c1-16-7-4-5-9-18(16)11-10-17-8-6-14-22(15-17)20(24)13-12-19(23)21(2)3/h4-5,7,9,17H,6,8,10-15H2,1-3H3/t17-/m1/s1. The third-order valence-electron chi connectivity index (χ3n) is 5.01. The van der Waals surface area contributed by atoms with Crippen molar-refractivity contribution in [1.82, 2.24) is 9.80 Å². The van der Waals surface area contributed by atoms with Gasteiger partial charge in [0.25, 0.3) is 0 Å². The molecule has 1 fully saturated rings. The monoisotopic (exact) mass is 330 g/mol. The Kier molecular flexibility index (Phi) is 6.83. The number of nitrogens with zero attached hydrogens (tertiary/aromatic N) is 2. The second-order valence-corrected chi connectivity index (χ2v) is 7.10. The number of piperidine rings is 1. The maximum atomic E-state index is 12.4. The van der Waals surface area contributed by atoms with Gasteiger partial charge in [-0.25, -0.2) is 0 Å². The van der Waals surface area contributed by atoms with Crippen LogP contribution < -0.4 is 0 Å². The Bertz CT molecular complexity index is 569. The van der Waals surface area contributed by atoms with Crippen molar-refractivity contribution in [3.05, 3.63) is 35.4 Å². The van der Waals surface area contributed by atoms with Crippen molar-refractivity contribution in [2.45, 2.75) is 45.4 Å². The van der Waals surface area contributed by atoms with Gasteiger partial charge in [0, 0.05) is 40.0 Å². The van der Waals surface area contributed by atoms with Crippen LogP contribution in [0.1, 0.15) is 43.2 Å². The van der Waals surface area contributed by atoms with Crippen molar-refractivity contribution in [1.29, 1.82) is 0 Å². The highest BCUT2D eigenvalue weighted by Gasteiger charge is 2.24. The number of hydrogen-bond acceptors (Lipinski definition) is 2. The van der Waals surface area contributed by atoms with Crippen molar-refractivity contribution >= 4 is 11.8 Å². The predicted octanol–water partition coefficient (Wildman–Crippen LogP) is 3.03. The fourth-order valence-corrected chi connectivity index (χ4v) is 3.37. The Labute approximate surface area is 145 Å². The number of carbonyl (C=O) groups is 2. The van der Waals surface area contributed by atoms with Crippen LogP contribution in [0.25, 0.3) is 0 Å². The molecular formula is C20H30N2O2. The summed E-state index contributed by atoms with van der Waals surface area (Å²) in [5.74, 6) is 0.731. The first kappa shape index (κ1) is 18.5. The third-order valence-corrected chi connectivity index (χ3v) is 5.01. The summed E-state index contributed by atoms with van der Waals surface area (Å²) in [5.41, 5.74) is 2.76. The van der Waals surface area contributed by atoms with Crippen LogP contribution in [0.4, 0.5) is 0 Å². The summed E-state index contributed by atoms with van der Waals surface area (Å²) in [6.45, 7) is 3.85. The van der Waals surface area contributed by atoms with Crippen LogP contribution in [-0.2, 0) is 16.0 Å². The summed E-state index contributed by atoms with van der Waals surface area (Å²) in [6.07, 6.45) is 5.14. The number of aryl methyl sites for hydroxylation is 2. The number of likely N-dealkylation sites (tertiary alicyclic amines) is 1. The quantitative estimate of drug-likeness (QED) is 0.804. The van der Waals surface area contributed by atoms with Crippen molar-refractivity contribution < 1.29 is 9.59 Å². The smallest absolute Gasteiger partial charge is 0.223 e. The van der Waals surface area contributed by atoms with E-state index in [0.717, 1.165) is 32.4 Å². The SMILES string of the molecule is Cc1ccccc1CC[C@H]1CCCN(C(=O)CCC(=O)N(C)C)C1. The minimum absolute atomic E-state index is 0.0245. The highest BCUT2D eigenvalue weighted by Crippen LogP contribution is 2.23. The lowest BCUT2D eigenvalue weighted by molar-refractivity contribution is -0.137. The molecule has 0 spiro atoms. The van der Waals surface area contributed by atoms with Gasteiger partial charge in [0.05, 0.1) is 0 Å². The van der Waals surface area contributed by atoms with Crippen LogP contribution >= 0.6 is 0 Å². The molecule has 1 aromatic rings. The molecule has 0 N–H and O–H groups in total. The molecule has 1 saturated heterocycles. The van der Waals surface area contributed by atoms with E-state index in [-0.39, 0.29) is 11.8 Å². The largest absolute Gasteiger partial charge is 0.349 e. The van der Waals surface area contributed by atoms with Gasteiger partial charge in [-0.15, -0.1) is 0 Å². The molecule has 0 radical (unpaired) electrons. The van der Waals surface area contributed by atoms with Crippen molar-refractivity contribution in [3.63, 3.8) is 0 Å². The molecule has 0 unspecified atom stereocenters. The van der Waals surface area contributed by atoms with Crippen LogP contribution in [0, 0.1) is 12.8 Å². The Hall–Kier alpha value is -1.84. The van der Waals surface area contributed by atoms with Crippen molar-refractivity contribution in [3.8, 4) is 0 Å². The normalized spacial score (nSPS) is 17.6. The van der Waals surface area contributed by atoms with Crippen molar-refractivity contribution in [2.75, 3.05) is 27.2 Å². The predicted molar refractivity (Wildman–Crippen MR) is 96.7 cm³/mol. The van der Waals surface area contributed by atoms with Gasteiger partial charge in [0.2, 0.25) is 11.8 Å². The van der Waals surface area contributed by atoms with Gasteiger partial charge >= 0.3 is 0 Å². The molecular weight excluding hydrogens is 300 g/mol. The maximum Gasteiger partial charge on any atom is 0.223 e. The van der Waals surface area contributed by atoms with E-state index in [2.05, 4.69) is 31.2 Å². The second kappa shape index (κ2) is 8.86. The van der Waals surface area contributed by atoms with Crippen molar-refractivity contribution in [2.24, 2.45) is 5.92 Å². The van der Waals surface area contributed by atoms with E-state index >= 15 is 0 Å². The van der Waals surface area contributed by atoms with Gasteiger partial charge in [-0.3, -0.25) is 9.59 Å². The summed E-state index contributed by atoms with van der Waals surface area (Å²) in [7, 11) is 3.46. The van der Waals surface area contributed by atoms with Crippen LogP contribution in [0.15, 0.2) is 24.3 Å². The number of carbonyl (C=O) groups excluding carboxylic acids is 2. The van der Waals surface area contributed by atoms with Gasteiger partial charge in [-0.05, 0) is 49.7 Å². The molecule has 4 heteroatoms. The Morgan fingerprint density at radius 3 is 2.67 bits per heavy atom. The molecule has 24 heavy (non-hydrogen) atoms. The first-order chi connectivity index (χ1) is 11.5. The molecule has 2 amide bonds. The molecule has 2 rings (SSSR count). The van der Waals surface area contributed by atoms with E-state index in [0.29, 0.717) is 18.8 Å². The van der Waals surface area contributed by atoms with Gasteiger partial charge in [-0.1, -0.05) is 24.3 Å². The second-order valence-electron chi connectivity index (χ2n) is 7.10. The molecule has 0 aromatic heterocycles. The summed E-state index contributed by atoms with van der Waals surface area (Å²) in [6, 6.07) is 8.54. The fraction of sp³-hybridized carbons (Fsp3) is 0.600. The van der Waals surface area contributed by atoms with E-state index in [9.17, 15) is 9.59 Å². The number of hydrogen-bond donors (Lipinski definition) is 0. The molecule has 1 aromatic carbocycles. The molecule has 1 aliphatic heterocycles. The highest BCUT2D eigenvalue weighted by atomic mass is 16.2. The fourth-order valence-electron chi connectivity index (χ4n) is 3.37. The number of benzene rings is 1. The first-order valence-electron chi connectivity index (χ1n) is 9.00. The molecule has 132 valence electrons. The van der Waals surface area contributed by atoms with Gasteiger partial charge in [0.1, 0.15) is 0 Å². The number of rotatable bonds is 6. The van der Waals surface area contributed by atoms with Crippen LogP contribution in [0.5, 0.6) is 0 Å². The summed E-state index contributed by atoms with van der Waals surface area (Å²) in [5, 5.41) is 0. The molecule has 0 saturated carbocycles. The van der Waals surface area contributed by atoms with Gasteiger partial charge < -0.3 is 9.80 Å². The molecule has 1 atom stereocenters. The molecule has 0 bridgehead atoms. The number of amides is 2. The highest BCUT2D eigenvalue weighted by molar-refractivity contribution is 5.83. The van der Waals surface area contributed by atoms with Gasteiger partial charge in [-0.2, -0.15) is 0 Å². The zero-order valence-corrected chi connectivity index (χ0v) is 15.3. The topological polar surface area (TPSA) is 40.6 Å². The van der Waals surface area contributed by atoms with E-state index < -0.39 is 0 Å². The van der Waals surface area contributed by atoms with Crippen LogP contribution in [-0.4, -0.2) is 48.8 Å². The van der Waals surface area contributed by atoms with Gasteiger partial charge in [0.15, 0.2) is 0 Å². The van der Waals surface area contributed by atoms with E-state index in [4.69, 9.17) is 0 Å². The lowest BCUT2D eigenvalue weighted by Crippen LogP contribution is -2.40. The van der Waals surface area contributed by atoms with Crippen LogP contribution in [0.2, 0.25) is 0 Å². The molecule has 0 aliphatic carbocycles. The zero-order chi connectivity index (χ0) is 17.5. The Morgan fingerprint density at radius 1 is 1.21 bits per heavy atom. The van der Waals surface area contributed by atoms with Crippen LogP contribution in [0.3, 0.4) is 0 Å². The van der Waals surface area contributed by atoms with E-state index in [1.165, 1.54) is 17.5 Å². The summed E-state index contributed by atoms with van der Waals surface area (Å²) < 4.78 is 0. The van der Waals surface area contributed by atoms with E-state index in [1.54, 1.807) is 19.0 Å². The average Bonchev–Trinajstić information content (AvgIpc) is 2.58. The Balaban J connectivity index is 1.80. The molecule has 1 heterocycles. The lowest BCUT2D eigenvalue weighted by Gasteiger charge is -2.33. The summed E-state index contributed by atoms with van der Waals surface area (Å²) in [4.78, 5) is 27.5. The van der Waals surface area contributed by atoms with E-state index in [1.807, 2.05) is 4.90 Å².